The maximum Gasteiger partial charge on any atom is 0.259 e. The maximum absolute atomic E-state index is 11.8. The lowest BCUT2D eigenvalue weighted by molar-refractivity contribution is 0.0572. The lowest BCUT2D eigenvalue weighted by Gasteiger charge is -2.14. The molecule has 6 heteroatoms. The Morgan fingerprint density at radius 3 is 2.56 bits per heavy atom. The van der Waals surface area contributed by atoms with E-state index in [1.807, 2.05) is 0 Å². The van der Waals surface area contributed by atoms with Crippen molar-refractivity contribution in [3.63, 3.8) is 0 Å². The second kappa shape index (κ2) is 4.07. The highest BCUT2D eigenvalue weighted by molar-refractivity contribution is 5.94. The molecule has 0 saturated carbocycles. The second-order valence-electron chi connectivity index (χ2n) is 3.77. The summed E-state index contributed by atoms with van der Waals surface area (Å²) in [6.45, 7) is 0.0999. The smallest absolute Gasteiger partial charge is 0.259 e. The number of H-pyrrole nitrogens is 1. The van der Waals surface area contributed by atoms with Gasteiger partial charge >= 0.3 is 0 Å². The first-order valence-corrected chi connectivity index (χ1v) is 4.92. The van der Waals surface area contributed by atoms with E-state index in [4.69, 9.17) is 0 Å². The second-order valence-corrected chi connectivity index (χ2v) is 3.77. The number of aromatic amines is 1. The van der Waals surface area contributed by atoms with Crippen LogP contribution in [0.15, 0.2) is 23.3 Å². The average molecular weight is 224 g/mol. The molecule has 1 aliphatic heterocycles. The highest BCUT2D eigenvalue weighted by atomic mass is 16.3. The predicted molar refractivity (Wildman–Crippen MR) is 55.0 cm³/mol. The van der Waals surface area contributed by atoms with Crippen molar-refractivity contribution in [1.29, 1.82) is 0 Å². The molecule has 1 aromatic rings. The number of amides is 1. The van der Waals surface area contributed by atoms with Gasteiger partial charge in [-0.15, -0.1) is 0 Å². The Balaban J connectivity index is 2.21. The van der Waals surface area contributed by atoms with Gasteiger partial charge in [0.05, 0.1) is 12.2 Å². The van der Waals surface area contributed by atoms with Crippen LogP contribution in [0.2, 0.25) is 0 Å². The van der Waals surface area contributed by atoms with E-state index in [1.165, 1.54) is 23.4 Å². The molecule has 2 atom stereocenters. The summed E-state index contributed by atoms with van der Waals surface area (Å²) in [4.78, 5) is 27.2. The fraction of sp³-hybridized carbons (Fsp3) is 0.400. The fourth-order valence-corrected chi connectivity index (χ4v) is 1.69. The third kappa shape index (κ3) is 1.84. The van der Waals surface area contributed by atoms with E-state index in [1.54, 1.807) is 0 Å². The average Bonchev–Trinajstić information content (AvgIpc) is 2.59. The number of rotatable bonds is 1. The van der Waals surface area contributed by atoms with Gasteiger partial charge in [-0.25, -0.2) is 0 Å². The highest BCUT2D eigenvalue weighted by Gasteiger charge is 2.33. The van der Waals surface area contributed by atoms with E-state index in [-0.39, 0.29) is 24.1 Å². The zero-order chi connectivity index (χ0) is 11.7. The minimum atomic E-state index is -0.938. The van der Waals surface area contributed by atoms with Crippen LogP contribution in [0.25, 0.3) is 0 Å². The van der Waals surface area contributed by atoms with E-state index in [2.05, 4.69) is 4.98 Å². The summed E-state index contributed by atoms with van der Waals surface area (Å²) in [5.74, 6) is -0.475. The van der Waals surface area contributed by atoms with E-state index in [9.17, 15) is 19.8 Å². The molecule has 6 nitrogen and oxygen atoms in total. The predicted octanol–water partition coefficient (Wildman–Crippen LogP) is -1.45. The van der Waals surface area contributed by atoms with Crippen LogP contribution in [-0.4, -0.2) is 51.3 Å². The molecule has 1 amide bonds. The van der Waals surface area contributed by atoms with Gasteiger partial charge in [0, 0.05) is 31.5 Å². The Hall–Kier alpha value is -1.66. The molecule has 0 unspecified atom stereocenters. The Morgan fingerprint density at radius 1 is 1.38 bits per heavy atom. The number of aliphatic hydroxyl groups excluding tert-OH is 2. The Kier molecular flexibility index (Phi) is 2.76. The molecule has 0 bridgehead atoms. The number of aromatic nitrogens is 1. The molecule has 2 rings (SSSR count). The van der Waals surface area contributed by atoms with Crippen molar-refractivity contribution in [2.24, 2.45) is 0 Å². The largest absolute Gasteiger partial charge is 0.388 e. The first-order valence-electron chi connectivity index (χ1n) is 4.92. The lowest BCUT2D eigenvalue weighted by Crippen LogP contribution is -2.33. The van der Waals surface area contributed by atoms with Crippen molar-refractivity contribution in [3.8, 4) is 0 Å². The van der Waals surface area contributed by atoms with Crippen molar-refractivity contribution in [2.45, 2.75) is 12.2 Å². The molecule has 1 aliphatic rings. The Labute approximate surface area is 91.1 Å². The normalized spacial score (nSPS) is 24.8. The highest BCUT2D eigenvalue weighted by Crippen LogP contribution is 2.12. The standard InChI is InChI=1S/C10H12N2O4/c13-7-1-2-11-3-6(7)10(16)12-4-8(14)9(15)5-12/h1-3,8-9,14-15H,4-5H2,(H,11,13)/t8-,9+. The van der Waals surface area contributed by atoms with Gasteiger partial charge in [-0.05, 0) is 0 Å². The first-order chi connectivity index (χ1) is 7.59. The number of carbonyl (C=O) groups is 1. The van der Waals surface area contributed by atoms with Crippen molar-refractivity contribution in [3.05, 3.63) is 34.2 Å². The van der Waals surface area contributed by atoms with Crippen molar-refractivity contribution in [2.75, 3.05) is 13.1 Å². The topological polar surface area (TPSA) is 93.6 Å². The van der Waals surface area contributed by atoms with Crippen molar-refractivity contribution >= 4 is 5.91 Å². The zero-order valence-electron chi connectivity index (χ0n) is 8.46. The molecule has 86 valence electrons. The molecule has 0 aliphatic carbocycles. The van der Waals surface area contributed by atoms with Crippen LogP contribution >= 0.6 is 0 Å². The molecule has 0 spiro atoms. The van der Waals surface area contributed by atoms with Crippen LogP contribution in [0.4, 0.5) is 0 Å². The number of aliphatic hydroxyl groups is 2. The van der Waals surface area contributed by atoms with Gasteiger partial charge in [0.15, 0.2) is 5.43 Å². The van der Waals surface area contributed by atoms with E-state index < -0.39 is 18.1 Å². The molecule has 3 N–H and O–H groups in total. The summed E-state index contributed by atoms with van der Waals surface area (Å²) in [6.07, 6.45) is 0.882. The third-order valence-electron chi connectivity index (χ3n) is 2.60. The number of pyridine rings is 1. The van der Waals surface area contributed by atoms with Gasteiger partial charge in [0.2, 0.25) is 0 Å². The molecule has 0 aromatic carbocycles. The molecule has 0 radical (unpaired) electrons. The van der Waals surface area contributed by atoms with Gasteiger partial charge in [-0.2, -0.15) is 0 Å². The summed E-state index contributed by atoms with van der Waals surface area (Å²) in [7, 11) is 0. The van der Waals surface area contributed by atoms with Crippen LogP contribution in [0, 0.1) is 0 Å². The van der Waals surface area contributed by atoms with Gasteiger partial charge in [0.25, 0.3) is 5.91 Å². The van der Waals surface area contributed by atoms with E-state index in [0.717, 1.165) is 0 Å². The van der Waals surface area contributed by atoms with E-state index >= 15 is 0 Å². The molecule has 2 heterocycles. The van der Waals surface area contributed by atoms with Crippen molar-refractivity contribution < 1.29 is 15.0 Å². The fourth-order valence-electron chi connectivity index (χ4n) is 1.69. The lowest BCUT2D eigenvalue weighted by atomic mass is 10.2. The number of hydrogen-bond acceptors (Lipinski definition) is 4. The quantitative estimate of drug-likeness (QED) is 0.544. The van der Waals surface area contributed by atoms with Crippen LogP contribution < -0.4 is 5.43 Å². The van der Waals surface area contributed by atoms with Gasteiger partial charge in [-0.3, -0.25) is 9.59 Å². The van der Waals surface area contributed by atoms with Crippen molar-refractivity contribution in [1.82, 2.24) is 9.88 Å². The van der Waals surface area contributed by atoms with Crippen LogP contribution in [0.1, 0.15) is 10.4 Å². The minimum absolute atomic E-state index is 0.0174. The Bertz CT molecular complexity index is 446. The number of β-amino-alcohol motifs (C(OH)–C–C–N with tert-alkyl or cyclic N) is 2. The maximum atomic E-state index is 11.8. The van der Waals surface area contributed by atoms with Gasteiger partial charge in [0.1, 0.15) is 5.56 Å². The number of hydrogen-bond donors (Lipinski definition) is 3. The number of likely N-dealkylation sites (tertiary alicyclic amines) is 1. The summed E-state index contributed by atoms with van der Waals surface area (Å²) >= 11 is 0. The van der Waals surface area contributed by atoms with E-state index in [0.29, 0.717) is 0 Å². The molecule has 1 aromatic heterocycles. The molecular formula is C10H12N2O4. The van der Waals surface area contributed by atoms with Crippen LogP contribution in [-0.2, 0) is 0 Å². The minimum Gasteiger partial charge on any atom is -0.388 e. The summed E-state index contributed by atoms with van der Waals surface area (Å²) < 4.78 is 0. The zero-order valence-corrected chi connectivity index (χ0v) is 8.46. The SMILES string of the molecule is O=C(c1c[nH]ccc1=O)N1C[C@@H](O)[C@@H](O)C1. The van der Waals surface area contributed by atoms with Gasteiger partial charge < -0.3 is 20.1 Å². The summed E-state index contributed by atoms with van der Waals surface area (Å²) in [6, 6.07) is 1.26. The van der Waals surface area contributed by atoms with Gasteiger partial charge in [-0.1, -0.05) is 0 Å². The molecule has 1 saturated heterocycles. The number of nitrogens with one attached hydrogen (secondary N) is 1. The first kappa shape index (κ1) is 10.8. The number of carbonyl (C=O) groups excluding carboxylic acids is 1. The monoisotopic (exact) mass is 224 g/mol. The van der Waals surface area contributed by atoms with Crippen LogP contribution in [0.5, 0.6) is 0 Å². The Morgan fingerprint density at radius 2 is 2.00 bits per heavy atom. The third-order valence-corrected chi connectivity index (χ3v) is 2.60. The molecule has 1 fully saturated rings. The number of nitrogens with zero attached hydrogens (tertiary/aromatic N) is 1. The summed E-state index contributed by atoms with van der Waals surface area (Å²) in [5, 5.41) is 18.6. The van der Waals surface area contributed by atoms with Crippen LogP contribution in [0.3, 0.4) is 0 Å². The molecular weight excluding hydrogens is 212 g/mol. The molecule has 16 heavy (non-hydrogen) atoms. The summed E-state index contributed by atoms with van der Waals surface area (Å²) in [5.41, 5.74) is -0.358.